The van der Waals surface area contributed by atoms with Crippen LogP contribution in [0.2, 0.25) is 0 Å². The van der Waals surface area contributed by atoms with Crippen LogP contribution in [0.3, 0.4) is 0 Å². The average Bonchev–Trinajstić information content (AvgIpc) is 3.20. The van der Waals surface area contributed by atoms with Gasteiger partial charge in [0.1, 0.15) is 5.82 Å². The summed E-state index contributed by atoms with van der Waals surface area (Å²) < 4.78 is 13.2. The van der Waals surface area contributed by atoms with Gasteiger partial charge in [0.15, 0.2) is 0 Å². The van der Waals surface area contributed by atoms with Crippen LogP contribution in [0.15, 0.2) is 24.3 Å². The fourth-order valence-electron chi connectivity index (χ4n) is 2.20. The predicted octanol–water partition coefficient (Wildman–Crippen LogP) is 2.45. The smallest absolute Gasteiger partial charge is 0.223 e. The second-order valence-corrected chi connectivity index (χ2v) is 5.13. The molecule has 1 aromatic carbocycles. The van der Waals surface area contributed by atoms with Gasteiger partial charge in [-0.1, -0.05) is 12.1 Å². The van der Waals surface area contributed by atoms with E-state index in [0.29, 0.717) is 25.6 Å². The normalized spacial score (nSPS) is 14.4. The van der Waals surface area contributed by atoms with Gasteiger partial charge in [0.25, 0.3) is 0 Å². The molecule has 2 N–H and O–H groups in total. The first kappa shape index (κ1) is 14.0. The molecule has 2 rings (SSSR count). The number of rotatable bonds is 7. The molecule has 0 saturated heterocycles. The van der Waals surface area contributed by atoms with Gasteiger partial charge in [-0.25, -0.2) is 4.39 Å². The molecular weight excluding hydrogens is 243 g/mol. The molecule has 0 atom stereocenters. The van der Waals surface area contributed by atoms with Gasteiger partial charge in [0, 0.05) is 19.0 Å². The molecule has 104 valence electrons. The Kier molecular flexibility index (Phi) is 4.91. The second-order valence-electron chi connectivity index (χ2n) is 5.13. The van der Waals surface area contributed by atoms with Gasteiger partial charge in [0.2, 0.25) is 5.91 Å². The van der Waals surface area contributed by atoms with Crippen molar-refractivity contribution in [3.8, 4) is 0 Å². The number of carbonyl (C=O) groups is 1. The highest BCUT2D eigenvalue weighted by Crippen LogP contribution is 2.29. The summed E-state index contributed by atoms with van der Waals surface area (Å²) in [6, 6.07) is 6.84. The monoisotopic (exact) mass is 264 g/mol. The van der Waals surface area contributed by atoms with Gasteiger partial charge in [0.05, 0.1) is 0 Å². The van der Waals surface area contributed by atoms with E-state index in [-0.39, 0.29) is 11.7 Å². The van der Waals surface area contributed by atoms with Crippen molar-refractivity contribution >= 4 is 5.91 Å². The van der Waals surface area contributed by atoms with Crippen molar-refractivity contribution in [3.63, 3.8) is 0 Å². The molecule has 0 aliphatic heterocycles. The number of nitrogens with zero attached hydrogens (tertiary/aromatic N) is 1. The van der Waals surface area contributed by atoms with E-state index in [4.69, 9.17) is 5.73 Å². The van der Waals surface area contributed by atoms with Crippen LogP contribution < -0.4 is 5.73 Å². The van der Waals surface area contributed by atoms with E-state index in [1.807, 2.05) is 11.0 Å². The summed E-state index contributed by atoms with van der Waals surface area (Å²) in [4.78, 5) is 14.1. The minimum Gasteiger partial charge on any atom is -0.335 e. The lowest BCUT2D eigenvalue weighted by Gasteiger charge is -2.22. The summed E-state index contributed by atoms with van der Waals surface area (Å²) in [6.07, 6.45) is 4.39. The van der Waals surface area contributed by atoms with Crippen molar-refractivity contribution in [2.75, 3.05) is 6.54 Å². The number of nitrogens with two attached hydrogens (primary N) is 1. The van der Waals surface area contributed by atoms with E-state index < -0.39 is 0 Å². The molecule has 1 fully saturated rings. The Labute approximate surface area is 113 Å². The fraction of sp³-hybridized carbons (Fsp3) is 0.533. The van der Waals surface area contributed by atoms with Crippen molar-refractivity contribution in [2.45, 2.75) is 44.7 Å². The number of hydrogen-bond donors (Lipinski definition) is 1. The third-order valence-corrected chi connectivity index (χ3v) is 3.39. The molecule has 0 spiro atoms. The van der Waals surface area contributed by atoms with E-state index in [1.165, 1.54) is 12.1 Å². The number of hydrogen-bond acceptors (Lipinski definition) is 2. The lowest BCUT2D eigenvalue weighted by molar-refractivity contribution is -0.132. The molecule has 3 nitrogen and oxygen atoms in total. The van der Waals surface area contributed by atoms with Crippen LogP contribution in [0.5, 0.6) is 0 Å². The van der Waals surface area contributed by atoms with Gasteiger partial charge in [-0.05, 0) is 49.9 Å². The van der Waals surface area contributed by atoms with Gasteiger partial charge >= 0.3 is 0 Å². The summed E-state index contributed by atoms with van der Waals surface area (Å²) in [6.45, 7) is 1.14. The maximum absolute atomic E-state index is 13.2. The Hall–Kier alpha value is -1.42. The van der Waals surface area contributed by atoms with Crippen molar-refractivity contribution in [1.82, 2.24) is 4.90 Å². The van der Waals surface area contributed by atoms with E-state index in [1.54, 1.807) is 6.07 Å². The fourth-order valence-corrected chi connectivity index (χ4v) is 2.20. The zero-order valence-electron chi connectivity index (χ0n) is 11.1. The van der Waals surface area contributed by atoms with Gasteiger partial charge in [-0.3, -0.25) is 4.79 Å². The molecule has 0 radical (unpaired) electrons. The molecule has 19 heavy (non-hydrogen) atoms. The quantitative estimate of drug-likeness (QED) is 0.769. The summed E-state index contributed by atoms with van der Waals surface area (Å²) >= 11 is 0. The highest BCUT2D eigenvalue weighted by atomic mass is 19.1. The number of unbranched alkanes of at least 4 members (excludes halogenated alkanes) is 1. The maximum Gasteiger partial charge on any atom is 0.223 e. The minimum atomic E-state index is -0.246. The average molecular weight is 264 g/mol. The molecule has 0 aromatic heterocycles. The molecule has 1 aliphatic rings. The summed E-state index contributed by atoms with van der Waals surface area (Å²) in [7, 11) is 0. The second kappa shape index (κ2) is 6.66. The van der Waals surface area contributed by atoms with Crippen LogP contribution in [-0.2, 0) is 11.3 Å². The molecule has 1 aliphatic carbocycles. The standard InChI is InChI=1S/C15H21FN2O/c16-13-5-3-4-12(10-13)11-18(14-7-8-14)15(19)6-1-2-9-17/h3-5,10,14H,1-2,6-9,11,17H2. The first-order valence-corrected chi connectivity index (χ1v) is 6.94. The molecular formula is C15H21FN2O. The van der Waals surface area contributed by atoms with Crippen LogP contribution in [-0.4, -0.2) is 23.4 Å². The van der Waals surface area contributed by atoms with Crippen LogP contribution in [0.25, 0.3) is 0 Å². The highest BCUT2D eigenvalue weighted by Gasteiger charge is 2.32. The Balaban J connectivity index is 1.94. The number of amides is 1. The van der Waals surface area contributed by atoms with E-state index in [9.17, 15) is 9.18 Å². The van der Waals surface area contributed by atoms with Gasteiger partial charge in [-0.2, -0.15) is 0 Å². The van der Waals surface area contributed by atoms with Crippen LogP contribution in [0.1, 0.15) is 37.7 Å². The first-order valence-electron chi connectivity index (χ1n) is 6.94. The maximum atomic E-state index is 13.2. The van der Waals surface area contributed by atoms with Crippen molar-refractivity contribution in [3.05, 3.63) is 35.6 Å². The molecule has 1 aromatic rings. The van der Waals surface area contributed by atoms with E-state index in [0.717, 1.165) is 31.2 Å². The topological polar surface area (TPSA) is 46.3 Å². The van der Waals surface area contributed by atoms with Crippen LogP contribution >= 0.6 is 0 Å². The zero-order chi connectivity index (χ0) is 13.7. The minimum absolute atomic E-state index is 0.167. The van der Waals surface area contributed by atoms with E-state index >= 15 is 0 Å². The van der Waals surface area contributed by atoms with Crippen LogP contribution in [0, 0.1) is 5.82 Å². The Morgan fingerprint density at radius 1 is 1.37 bits per heavy atom. The predicted molar refractivity (Wildman–Crippen MR) is 72.9 cm³/mol. The number of carbonyl (C=O) groups excluding carboxylic acids is 1. The number of benzene rings is 1. The Morgan fingerprint density at radius 3 is 2.79 bits per heavy atom. The zero-order valence-corrected chi connectivity index (χ0v) is 11.1. The number of halogens is 1. The largest absolute Gasteiger partial charge is 0.335 e. The third kappa shape index (κ3) is 4.31. The van der Waals surface area contributed by atoms with Gasteiger partial charge < -0.3 is 10.6 Å². The lowest BCUT2D eigenvalue weighted by Crippen LogP contribution is -2.32. The molecule has 0 unspecified atom stereocenters. The SMILES string of the molecule is NCCCCC(=O)N(Cc1cccc(F)c1)C1CC1. The first-order chi connectivity index (χ1) is 9.20. The van der Waals surface area contributed by atoms with Crippen LogP contribution in [0.4, 0.5) is 4.39 Å². The third-order valence-electron chi connectivity index (χ3n) is 3.39. The molecule has 4 heteroatoms. The summed E-state index contributed by atoms with van der Waals surface area (Å²) in [5.41, 5.74) is 6.30. The van der Waals surface area contributed by atoms with Crippen molar-refractivity contribution in [1.29, 1.82) is 0 Å². The van der Waals surface area contributed by atoms with Gasteiger partial charge in [-0.15, -0.1) is 0 Å². The molecule has 1 saturated carbocycles. The van der Waals surface area contributed by atoms with Crippen molar-refractivity contribution in [2.24, 2.45) is 5.73 Å². The molecule has 1 amide bonds. The summed E-state index contributed by atoms with van der Waals surface area (Å²) in [5.74, 6) is -0.0796. The molecule has 0 bridgehead atoms. The highest BCUT2D eigenvalue weighted by molar-refractivity contribution is 5.76. The Bertz CT molecular complexity index is 432. The summed E-state index contributed by atoms with van der Waals surface area (Å²) in [5, 5.41) is 0. The van der Waals surface area contributed by atoms with E-state index in [2.05, 4.69) is 0 Å². The Morgan fingerprint density at radius 2 is 2.16 bits per heavy atom. The van der Waals surface area contributed by atoms with Crippen molar-refractivity contribution < 1.29 is 9.18 Å². The lowest BCUT2D eigenvalue weighted by atomic mass is 10.1. The molecule has 0 heterocycles.